The van der Waals surface area contributed by atoms with E-state index in [2.05, 4.69) is 31.1 Å². The molecule has 1 atom stereocenters. The molecule has 0 aliphatic rings. The third-order valence-corrected chi connectivity index (χ3v) is 2.12. The first kappa shape index (κ1) is 11.2. The summed E-state index contributed by atoms with van der Waals surface area (Å²) in [5, 5.41) is 9.35. The zero-order valence-electron chi connectivity index (χ0n) is 9.20. The van der Waals surface area contributed by atoms with E-state index in [9.17, 15) is 5.11 Å². The van der Waals surface area contributed by atoms with Gasteiger partial charge in [-0.2, -0.15) is 0 Å². The molecule has 1 aromatic carbocycles. The van der Waals surface area contributed by atoms with Crippen LogP contribution < -0.4 is 0 Å². The summed E-state index contributed by atoms with van der Waals surface area (Å²) in [6, 6.07) is 8.28. The van der Waals surface area contributed by atoms with Gasteiger partial charge < -0.3 is 10.0 Å². The Bertz CT molecular complexity index is 252. The second kappa shape index (κ2) is 5.13. The van der Waals surface area contributed by atoms with Crippen molar-refractivity contribution in [1.29, 1.82) is 0 Å². The fourth-order valence-electron chi connectivity index (χ4n) is 1.57. The topological polar surface area (TPSA) is 23.5 Å². The Morgan fingerprint density at radius 3 is 2.29 bits per heavy atom. The number of benzene rings is 1. The van der Waals surface area contributed by atoms with E-state index in [1.807, 2.05) is 19.1 Å². The maximum absolute atomic E-state index is 9.35. The molecule has 0 radical (unpaired) electrons. The van der Waals surface area contributed by atoms with Crippen LogP contribution in [0.4, 0.5) is 0 Å². The van der Waals surface area contributed by atoms with Crippen LogP contribution in [-0.4, -0.2) is 30.2 Å². The highest BCUT2D eigenvalue weighted by Crippen LogP contribution is 2.12. The van der Waals surface area contributed by atoms with E-state index in [0.29, 0.717) is 0 Å². The second-order valence-corrected chi connectivity index (χ2v) is 4.06. The molecule has 0 saturated heterocycles. The number of nitrogens with zero attached hydrogens (tertiary/aromatic N) is 1. The van der Waals surface area contributed by atoms with Gasteiger partial charge in [-0.05, 0) is 38.6 Å². The summed E-state index contributed by atoms with van der Waals surface area (Å²) in [7, 11) is 4.11. The van der Waals surface area contributed by atoms with Crippen molar-refractivity contribution in [2.75, 3.05) is 14.1 Å². The van der Waals surface area contributed by atoms with Crippen LogP contribution >= 0.6 is 0 Å². The summed E-state index contributed by atoms with van der Waals surface area (Å²) < 4.78 is 0. The van der Waals surface area contributed by atoms with Gasteiger partial charge in [-0.15, -0.1) is 0 Å². The molecule has 0 bridgehead atoms. The average molecular weight is 193 g/mol. The van der Waals surface area contributed by atoms with Crippen LogP contribution in [0.5, 0.6) is 0 Å². The molecule has 14 heavy (non-hydrogen) atoms. The maximum Gasteiger partial charge on any atom is 0.0552 e. The van der Waals surface area contributed by atoms with Gasteiger partial charge in [0.25, 0.3) is 0 Å². The summed E-state index contributed by atoms with van der Waals surface area (Å²) in [5.41, 5.74) is 2.55. The van der Waals surface area contributed by atoms with Gasteiger partial charge >= 0.3 is 0 Å². The second-order valence-electron chi connectivity index (χ2n) is 4.06. The molecule has 0 aliphatic heterocycles. The minimum absolute atomic E-state index is 0.265. The number of aliphatic hydroxyl groups excluding tert-OH is 1. The SMILES string of the molecule is CC(O)Cc1ccccc1CN(C)C. The fourth-order valence-corrected chi connectivity index (χ4v) is 1.57. The summed E-state index contributed by atoms with van der Waals surface area (Å²) in [4.78, 5) is 2.14. The van der Waals surface area contributed by atoms with Gasteiger partial charge in [0.1, 0.15) is 0 Å². The molecule has 0 amide bonds. The van der Waals surface area contributed by atoms with E-state index in [1.54, 1.807) is 0 Å². The number of aliphatic hydroxyl groups is 1. The first-order valence-electron chi connectivity index (χ1n) is 4.99. The predicted molar refractivity (Wildman–Crippen MR) is 59.2 cm³/mol. The van der Waals surface area contributed by atoms with E-state index in [0.717, 1.165) is 13.0 Å². The molecule has 2 heteroatoms. The Labute approximate surface area is 86.2 Å². The Hall–Kier alpha value is -0.860. The highest BCUT2D eigenvalue weighted by Gasteiger charge is 2.05. The molecular weight excluding hydrogens is 174 g/mol. The van der Waals surface area contributed by atoms with Gasteiger partial charge in [0.15, 0.2) is 0 Å². The van der Waals surface area contributed by atoms with Gasteiger partial charge in [0.05, 0.1) is 6.10 Å². The van der Waals surface area contributed by atoms with Crippen LogP contribution in [0.3, 0.4) is 0 Å². The van der Waals surface area contributed by atoms with E-state index in [4.69, 9.17) is 0 Å². The highest BCUT2D eigenvalue weighted by atomic mass is 16.3. The molecule has 1 N–H and O–H groups in total. The van der Waals surface area contributed by atoms with E-state index < -0.39 is 0 Å². The van der Waals surface area contributed by atoms with Crippen molar-refractivity contribution < 1.29 is 5.11 Å². The van der Waals surface area contributed by atoms with Crippen LogP contribution in [0.2, 0.25) is 0 Å². The standard InChI is InChI=1S/C12H19NO/c1-10(14)8-11-6-4-5-7-12(11)9-13(2)3/h4-7,10,14H,8-9H2,1-3H3. The lowest BCUT2D eigenvalue weighted by Crippen LogP contribution is -2.14. The lowest BCUT2D eigenvalue weighted by atomic mass is 10.0. The molecule has 0 saturated carbocycles. The van der Waals surface area contributed by atoms with Gasteiger partial charge in [0.2, 0.25) is 0 Å². The third kappa shape index (κ3) is 3.48. The first-order chi connectivity index (χ1) is 6.59. The zero-order chi connectivity index (χ0) is 10.6. The maximum atomic E-state index is 9.35. The smallest absolute Gasteiger partial charge is 0.0552 e. The summed E-state index contributed by atoms with van der Waals surface area (Å²) in [6.45, 7) is 2.76. The summed E-state index contributed by atoms with van der Waals surface area (Å²) in [6.07, 6.45) is 0.475. The van der Waals surface area contributed by atoms with Crippen LogP contribution in [0.1, 0.15) is 18.1 Å². The molecular formula is C12H19NO. The minimum Gasteiger partial charge on any atom is -0.393 e. The monoisotopic (exact) mass is 193 g/mol. The number of hydrogen-bond acceptors (Lipinski definition) is 2. The third-order valence-electron chi connectivity index (χ3n) is 2.12. The molecule has 1 rings (SSSR count). The number of rotatable bonds is 4. The van der Waals surface area contributed by atoms with E-state index >= 15 is 0 Å². The normalized spacial score (nSPS) is 13.2. The fraction of sp³-hybridized carbons (Fsp3) is 0.500. The quantitative estimate of drug-likeness (QED) is 0.786. The molecule has 0 heterocycles. The van der Waals surface area contributed by atoms with Crippen molar-refractivity contribution in [2.24, 2.45) is 0 Å². The summed E-state index contributed by atoms with van der Waals surface area (Å²) in [5.74, 6) is 0. The van der Waals surface area contributed by atoms with Crippen molar-refractivity contribution >= 4 is 0 Å². The van der Waals surface area contributed by atoms with E-state index in [1.165, 1.54) is 11.1 Å². The lowest BCUT2D eigenvalue weighted by molar-refractivity contribution is 0.195. The van der Waals surface area contributed by atoms with Crippen molar-refractivity contribution in [1.82, 2.24) is 4.90 Å². The van der Waals surface area contributed by atoms with E-state index in [-0.39, 0.29) is 6.10 Å². The van der Waals surface area contributed by atoms with Gasteiger partial charge in [-0.1, -0.05) is 24.3 Å². The molecule has 0 fully saturated rings. The Morgan fingerprint density at radius 1 is 1.21 bits per heavy atom. The van der Waals surface area contributed by atoms with Crippen LogP contribution in [0.15, 0.2) is 24.3 Å². The molecule has 0 aromatic heterocycles. The molecule has 1 unspecified atom stereocenters. The van der Waals surface area contributed by atoms with Gasteiger partial charge in [0, 0.05) is 6.54 Å². The van der Waals surface area contributed by atoms with Crippen molar-refractivity contribution in [3.05, 3.63) is 35.4 Å². The van der Waals surface area contributed by atoms with Crippen LogP contribution in [0, 0.1) is 0 Å². The van der Waals surface area contributed by atoms with Gasteiger partial charge in [-0.3, -0.25) is 0 Å². The highest BCUT2D eigenvalue weighted by molar-refractivity contribution is 5.27. The molecule has 0 spiro atoms. The number of hydrogen-bond donors (Lipinski definition) is 1. The predicted octanol–water partition coefficient (Wildman–Crippen LogP) is 1.67. The van der Waals surface area contributed by atoms with Crippen molar-refractivity contribution in [2.45, 2.75) is 26.0 Å². The zero-order valence-corrected chi connectivity index (χ0v) is 9.20. The summed E-state index contributed by atoms with van der Waals surface area (Å²) >= 11 is 0. The Balaban J connectivity index is 2.80. The van der Waals surface area contributed by atoms with Crippen molar-refractivity contribution in [3.63, 3.8) is 0 Å². The lowest BCUT2D eigenvalue weighted by Gasteiger charge is -2.14. The molecule has 78 valence electrons. The van der Waals surface area contributed by atoms with Crippen LogP contribution in [-0.2, 0) is 13.0 Å². The Morgan fingerprint density at radius 2 is 1.79 bits per heavy atom. The Kier molecular flexibility index (Phi) is 4.11. The average Bonchev–Trinajstić information content (AvgIpc) is 2.06. The van der Waals surface area contributed by atoms with Crippen molar-refractivity contribution in [3.8, 4) is 0 Å². The molecule has 0 aliphatic carbocycles. The molecule has 1 aromatic rings. The first-order valence-corrected chi connectivity index (χ1v) is 4.99. The largest absolute Gasteiger partial charge is 0.393 e. The van der Waals surface area contributed by atoms with Gasteiger partial charge in [-0.25, -0.2) is 0 Å². The van der Waals surface area contributed by atoms with Crippen LogP contribution in [0.25, 0.3) is 0 Å². The molecule has 2 nitrogen and oxygen atoms in total. The minimum atomic E-state index is -0.265.